The van der Waals surface area contributed by atoms with E-state index < -0.39 is 0 Å². The molecule has 5 N–H and O–H groups in total. The van der Waals surface area contributed by atoms with Crippen LogP contribution in [-0.4, -0.2) is 65.5 Å². The number of aryl methyl sites for hydroxylation is 1. The normalized spacial score (nSPS) is 16.7. The zero-order valence-corrected chi connectivity index (χ0v) is 20.0. The molecule has 0 bridgehead atoms. The number of aliphatic hydroxyl groups is 1. The topological polar surface area (TPSA) is 105 Å². The van der Waals surface area contributed by atoms with Crippen molar-refractivity contribution < 1.29 is 5.11 Å². The minimum Gasteiger partial charge on any atom is -0.398 e. The molecule has 4 aromatic rings. The Hall–Kier alpha value is -3.42. The van der Waals surface area contributed by atoms with Crippen molar-refractivity contribution >= 4 is 39.4 Å². The maximum Gasteiger partial charge on any atom is 0.0744 e. The molecule has 35 heavy (non-hydrogen) atoms. The van der Waals surface area contributed by atoms with E-state index in [2.05, 4.69) is 39.2 Å². The van der Waals surface area contributed by atoms with Crippen molar-refractivity contribution in [2.75, 3.05) is 50.0 Å². The van der Waals surface area contributed by atoms with E-state index in [9.17, 15) is 5.11 Å². The van der Waals surface area contributed by atoms with Gasteiger partial charge >= 0.3 is 0 Å². The number of piperazine rings is 1. The fraction of sp³-hybridized carbons (Fsp3) is 0.357. The van der Waals surface area contributed by atoms with Gasteiger partial charge in [0.1, 0.15) is 0 Å². The molecule has 1 aliphatic carbocycles. The number of aromatic nitrogens is 2. The molecule has 0 spiro atoms. The Morgan fingerprint density at radius 3 is 2.63 bits per heavy atom. The van der Waals surface area contributed by atoms with Crippen LogP contribution in [-0.2, 0) is 12.8 Å². The summed E-state index contributed by atoms with van der Waals surface area (Å²) in [4.78, 5) is 13.4. The summed E-state index contributed by atoms with van der Waals surface area (Å²) in [6.07, 6.45) is 7.82. The number of aliphatic hydroxyl groups excluding tert-OH is 1. The summed E-state index contributed by atoms with van der Waals surface area (Å²) in [6.45, 7) is 4.79. The van der Waals surface area contributed by atoms with E-state index in [1.807, 2.05) is 12.1 Å². The van der Waals surface area contributed by atoms with Crippen LogP contribution in [0.3, 0.4) is 0 Å². The molecule has 2 aromatic heterocycles. The molecule has 0 atom stereocenters. The van der Waals surface area contributed by atoms with E-state index in [-0.39, 0.29) is 6.61 Å². The second kappa shape index (κ2) is 8.98. The average molecular weight is 469 g/mol. The second-order valence-corrected chi connectivity index (χ2v) is 9.72. The maximum atomic E-state index is 9.26. The Morgan fingerprint density at radius 2 is 1.86 bits per heavy atom. The van der Waals surface area contributed by atoms with Crippen LogP contribution in [0.4, 0.5) is 11.4 Å². The summed E-state index contributed by atoms with van der Waals surface area (Å²) >= 11 is 0. The van der Waals surface area contributed by atoms with Crippen LogP contribution in [0.15, 0.2) is 36.5 Å². The van der Waals surface area contributed by atoms with Gasteiger partial charge < -0.3 is 26.1 Å². The van der Waals surface area contributed by atoms with Gasteiger partial charge in [0.15, 0.2) is 0 Å². The predicted molar refractivity (Wildman–Crippen MR) is 144 cm³/mol. The van der Waals surface area contributed by atoms with E-state index >= 15 is 0 Å². The van der Waals surface area contributed by atoms with Crippen LogP contribution in [0.2, 0.25) is 0 Å². The first-order valence-electron chi connectivity index (χ1n) is 12.6. The van der Waals surface area contributed by atoms with Gasteiger partial charge in [-0.05, 0) is 61.1 Å². The van der Waals surface area contributed by atoms with Gasteiger partial charge in [0.2, 0.25) is 0 Å². The van der Waals surface area contributed by atoms with Crippen LogP contribution in [0.25, 0.3) is 33.1 Å². The number of anilines is 2. The standard InChI is InChI=1S/C28H32N6O/c29-16-22-23(30)6-8-25-27(22)19-3-1-2-4-20(19)28(32-25)18-5-7-24-21(15-18)26(17-31-24)34-11-9-33(10-12-34)13-14-35/h5-8,15-17,29,31,35H,1-4,9-14,30H2. The summed E-state index contributed by atoms with van der Waals surface area (Å²) in [5.74, 6) is 0. The molecule has 0 radical (unpaired) electrons. The van der Waals surface area contributed by atoms with Crippen molar-refractivity contribution in [3.8, 4) is 11.3 Å². The summed E-state index contributed by atoms with van der Waals surface area (Å²) in [6, 6.07) is 10.5. The minimum absolute atomic E-state index is 0.216. The fourth-order valence-corrected chi connectivity index (χ4v) is 5.93. The molecular formula is C28H32N6O. The van der Waals surface area contributed by atoms with Gasteiger partial charge in [-0.25, -0.2) is 4.98 Å². The summed E-state index contributed by atoms with van der Waals surface area (Å²) < 4.78 is 0. The zero-order chi connectivity index (χ0) is 23.9. The average Bonchev–Trinajstić information content (AvgIpc) is 3.32. The third-order valence-electron chi connectivity index (χ3n) is 7.75. The van der Waals surface area contributed by atoms with Crippen LogP contribution in [0.5, 0.6) is 0 Å². The number of fused-ring (bicyclic) bond motifs is 4. The van der Waals surface area contributed by atoms with Crippen molar-refractivity contribution in [3.05, 3.63) is 53.2 Å². The van der Waals surface area contributed by atoms with Gasteiger partial charge in [0, 0.05) is 78.2 Å². The van der Waals surface area contributed by atoms with E-state index in [0.29, 0.717) is 5.69 Å². The number of nitrogens with two attached hydrogens (primary N) is 1. The molecule has 0 saturated carbocycles. The van der Waals surface area contributed by atoms with Crippen molar-refractivity contribution in [2.45, 2.75) is 25.7 Å². The Balaban J connectivity index is 1.46. The van der Waals surface area contributed by atoms with Gasteiger partial charge in [0.25, 0.3) is 0 Å². The summed E-state index contributed by atoms with van der Waals surface area (Å²) in [5.41, 5.74) is 15.8. The molecule has 1 aliphatic heterocycles. The lowest BCUT2D eigenvalue weighted by Gasteiger charge is -2.35. The zero-order valence-electron chi connectivity index (χ0n) is 20.0. The number of hydrogen-bond donors (Lipinski definition) is 4. The number of β-amino-alcohol motifs (C(OH)–C–C–N with tert-alkyl or cyclic N) is 1. The second-order valence-electron chi connectivity index (χ2n) is 9.72. The molecular weight excluding hydrogens is 436 g/mol. The molecule has 1 saturated heterocycles. The number of nitrogens with zero attached hydrogens (tertiary/aromatic N) is 3. The highest BCUT2D eigenvalue weighted by Gasteiger charge is 2.23. The quantitative estimate of drug-likeness (QED) is 0.262. The van der Waals surface area contributed by atoms with Gasteiger partial charge in [-0.3, -0.25) is 4.90 Å². The Morgan fingerprint density at radius 1 is 1.06 bits per heavy atom. The van der Waals surface area contributed by atoms with Crippen molar-refractivity contribution in [1.82, 2.24) is 14.9 Å². The van der Waals surface area contributed by atoms with Gasteiger partial charge in [-0.1, -0.05) is 6.07 Å². The lowest BCUT2D eigenvalue weighted by atomic mass is 9.84. The third-order valence-corrected chi connectivity index (χ3v) is 7.75. The first-order chi connectivity index (χ1) is 17.2. The van der Waals surface area contributed by atoms with Crippen LogP contribution < -0.4 is 10.6 Å². The Kier molecular flexibility index (Phi) is 5.66. The molecule has 3 heterocycles. The molecule has 180 valence electrons. The van der Waals surface area contributed by atoms with Crippen LogP contribution in [0, 0.1) is 5.41 Å². The Labute approximate surface area is 205 Å². The molecule has 7 heteroatoms. The highest BCUT2D eigenvalue weighted by molar-refractivity contribution is 6.05. The third kappa shape index (κ3) is 3.75. The monoisotopic (exact) mass is 468 g/mol. The van der Waals surface area contributed by atoms with Crippen molar-refractivity contribution in [3.63, 3.8) is 0 Å². The van der Waals surface area contributed by atoms with Gasteiger partial charge in [0.05, 0.1) is 23.5 Å². The van der Waals surface area contributed by atoms with Gasteiger partial charge in [-0.15, -0.1) is 0 Å². The molecule has 1 fully saturated rings. The number of rotatable bonds is 5. The molecule has 2 aliphatic rings. The first kappa shape index (κ1) is 22.1. The molecule has 7 nitrogen and oxygen atoms in total. The van der Waals surface area contributed by atoms with Crippen molar-refractivity contribution in [1.29, 1.82) is 5.41 Å². The molecule has 0 unspecified atom stereocenters. The summed E-state index contributed by atoms with van der Waals surface area (Å²) in [7, 11) is 0. The highest BCUT2D eigenvalue weighted by Crippen LogP contribution is 2.39. The minimum atomic E-state index is 0.216. The maximum absolute atomic E-state index is 9.26. The van der Waals surface area contributed by atoms with E-state index in [4.69, 9.17) is 16.1 Å². The Bertz CT molecular complexity index is 1420. The predicted octanol–water partition coefficient (Wildman–Crippen LogP) is 3.96. The number of benzene rings is 2. The van der Waals surface area contributed by atoms with E-state index in [0.717, 1.165) is 91.6 Å². The lowest BCUT2D eigenvalue weighted by Crippen LogP contribution is -2.47. The van der Waals surface area contributed by atoms with E-state index in [1.165, 1.54) is 28.4 Å². The largest absolute Gasteiger partial charge is 0.398 e. The number of aromatic amines is 1. The molecule has 6 rings (SSSR count). The van der Waals surface area contributed by atoms with Gasteiger partial charge in [-0.2, -0.15) is 0 Å². The van der Waals surface area contributed by atoms with Crippen LogP contribution >= 0.6 is 0 Å². The molecule has 2 aromatic carbocycles. The number of H-pyrrole nitrogens is 1. The number of nitrogen functional groups attached to an aromatic ring is 1. The smallest absolute Gasteiger partial charge is 0.0744 e. The van der Waals surface area contributed by atoms with Crippen LogP contribution in [0.1, 0.15) is 29.5 Å². The number of pyridine rings is 1. The fourth-order valence-electron chi connectivity index (χ4n) is 5.93. The highest BCUT2D eigenvalue weighted by atomic mass is 16.3. The first-order valence-corrected chi connectivity index (χ1v) is 12.6. The molecule has 0 amide bonds. The van der Waals surface area contributed by atoms with E-state index in [1.54, 1.807) is 0 Å². The van der Waals surface area contributed by atoms with Crippen molar-refractivity contribution in [2.24, 2.45) is 0 Å². The lowest BCUT2D eigenvalue weighted by molar-refractivity contribution is 0.189. The SMILES string of the molecule is N=Cc1c(N)ccc2nc(-c3ccc4[nH]cc(N5CCN(CCO)CC5)c4c3)c3c(c12)CCCC3. The summed E-state index contributed by atoms with van der Waals surface area (Å²) in [5, 5.41) is 19.5. The number of nitrogens with one attached hydrogen (secondary N) is 2. The number of hydrogen-bond acceptors (Lipinski definition) is 6.